The summed E-state index contributed by atoms with van der Waals surface area (Å²) in [6.45, 7) is 10.8. The molecule has 4 nitrogen and oxygen atoms in total. The summed E-state index contributed by atoms with van der Waals surface area (Å²) in [7, 11) is 0. The fourth-order valence-electron chi connectivity index (χ4n) is 2.00. The molecule has 2 amide bonds. The minimum Gasteiger partial charge on any atom is -0.338 e. The maximum absolute atomic E-state index is 11.6. The Morgan fingerprint density at radius 2 is 1.75 bits per heavy atom. The van der Waals surface area contributed by atoms with Gasteiger partial charge in [-0.05, 0) is 38.5 Å². The number of hydrogen-bond acceptors (Lipinski definition) is 2. The molecule has 0 bridgehead atoms. The Morgan fingerprint density at radius 3 is 2.35 bits per heavy atom. The van der Waals surface area contributed by atoms with Gasteiger partial charge in [0.15, 0.2) is 0 Å². The lowest BCUT2D eigenvalue weighted by atomic mass is 10.1. The third-order valence-corrected chi connectivity index (χ3v) is 3.40. The van der Waals surface area contributed by atoms with E-state index in [1.807, 2.05) is 12.1 Å². The Morgan fingerprint density at radius 1 is 1.10 bits per heavy atom. The highest BCUT2D eigenvalue weighted by atomic mass is 16.2. The lowest BCUT2D eigenvalue weighted by molar-refractivity contribution is 0.239. The predicted octanol–water partition coefficient (Wildman–Crippen LogP) is 2.53. The Labute approximate surface area is 122 Å². The van der Waals surface area contributed by atoms with E-state index >= 15 is 0 Å². The molecule has 112 valence electrons. The zero-order chi connectivity index (χ0) is 14.8. The molecule has 0 aliphatic rings. The van der Waals surface area contributed by atoms with Crippen molar-refractivity contribution in [3.8, 4) is 0 Å². The lowest BCUT2D eigenvalue weighted by Gasteiger charge is -2.17. The van der Waals surface area contributed by atoms with E-state index < -0.39 is 0 Å². The first-order valence-corrected chi connectivity index (χ1v) is 7.45. The van der Waals surface area contributed by atoms with Gasteiger partial charge in [0, 0.05) is 13.1 Å². The molecule has 1 aromatic rings. The zero-order valence-electron chi connectivity index (χ0n) is 12.9. The van der Waals surface area contributed by atoms with Crippen LogP contribution in [0.3, 0.4) is 0 Å². The van der Waals surface area contributed by atoms with Gasteiger partial charge in [-0.2, -0.15) is 0 Å². The van der Waals surface area contributed by atoms with Crippen molar-refractivity contribution in [1.29, 1.82) is 0 Å². The highest BCUT2D eigenvalue weighted by Gasteiger charge is 2.01. The summed E-state index contributed by atoms with van der Waals surface area (Å²) in [5.74, 6) is 0. The average molecular weight is 277 g/mol. The van der Waals surface area contributed by atoms with Gasteiger partial charge < -0.3 is 15.5 Å². The monoisotopic (exact) mass is 277 g/mol. The van der Waals surface area contributed by atoms with Gasteiger partial charge in [-0.25, -0.2) is 4.79 Å². The van der Waals surface area contributed by atoms with Crippen LogP contribution in [-0.2, 0) is 6.54 Å². The summed E-state index contributed by atoms with van der Waals surface area (Å²) in [5.41, 5.74) is 2.35. The lowest BCUT2D eigenvalue weighted by Crippen LogP contribution is -2.36. The van der Waals surface area contributed by atoms with Crippen molar-refractivity contribution < 1.29 is 4.79 Å². The van der Waals surface area contributed by atoms with Crippen LogP contribution in [0.1, 0.15) is 31.4 Å². The SMILES string of the molecule is CCN(CC)CCCNC(=O)NCc1ccc(C)cc1. The summed E-state index contributed by atoms with van der Waals surface area (Å²) < 4.78 is 0. The van der Waals surface area contributed by atoms with Crippen LogP contribution in [0, 0.1) is 6.92 Å². The summed E-state index contributed by atoms with van der Waals surface area (Å²) in [5, 5.41) is 5.76. The molecule has 0 spiro atoms. The largest absolute Gasteiger partial charge is 0.338 e. The number of urea groups is 1. The second kappa shape index (κ2) is 9.37. The van der Waals surface area contributed by atoms with E-state index in [-0.39, 0.29) is 6.03 Å². The van der Waals surface area contributed by atoms with E-state index in [0.29, 0.717) is 6.54 Å². The fourth-order valence-corrected chi connectivity index (χ4v) is 2.00. The minimum atomic E-state index is -0.0925. The third-order valence-electron chi connectivity index (χ3n) is 3.40. The number of carbonyl (C=O) groups is 1. The molecule has 0 aliphatic heterocycles. The van der Waals surface area contributed by atoms with E-state index in [9.17, 15) is 4.79 Å². The summed E-state index contributed by atoms with van der Waals surface area (Å²) in [4.78, 5) is 14.0. The van der Waals surface area contributed by atoms with Crippen LogP contribution < -0.4 is 10.6 Å². The number of hydrogen-bond donors (Lipinski definition) is 2. The standard InChI is InChI=1S/C16H27N3O/c1-4-19(5-2)12-6-11-17-16(20)18-13-15-9-7-14(3)8-10-15/h7-10H,4-6,11-13H2,1-3H3,(H2,17,18,20). The van der Waals surface area contributed by atoms with Crippen molar-refractivity contribution in [3.63, 3.8) is 0 Å². The van der Waals surface area contributed by atoms with E-state index in [4.69, 9.17) is 0 Å². The number of aryl methyl sites for hydroxylation is 1. The molecule has 0 aromatic heterocycles. The van der Waals surface area contributed by atoms with Gasteiger partial charge in [0.25, 0.3) is 0 Å². The molecule has 0 atom stereocenters. The van der Waals surface area contributed by atoms with E-state index in [1.54, 1.807) is 0 Å². The molecule has 20 heavy (non-hydrogen) atoms. The molecule has 1 rings (SSSR count). The van der Waals surface area contributed by atoms with Crippen molar-refractivity contribution in [1.82, 2.24) is 15.5 Å². The average Bonchev–Trinajstić information content (AvgIpc) is 2.47. The van der Waals surface area contributed by atoms with Gasteiger partial charge in [0.2, 0.25) is 0 Å². The van der Waals surface area contributed by atoms with Crippen LogP contribution >= 0.6 is 0 Å². The van der Waals surface area contributed by atoms with Gasteiger partial charge >= 0.3 is 6.03 Å². The highest BCUT2D eigenvalue weighted by molar-refractivity contribution is 5.73. The maximum Gasteiger partial charge on any atom is 0.315 e. The second-order valence-corrected chi connectivity index (χ2v) is 4.98. The molecular weight excluding hydrogens is 250 g/mol. The molecule has 0 unspecified atom stereocenters. The van der Waals surface area contributed by atoms with Gasteiger partial charge in [-0.15, -0.1) is 0 Å². The number of carbonyl (C=O) groups excluding carboxylic acids is 1. The van der Waals surface area contributed by atoms with Crippen molar-refractivity contribution >= 4 is 6.03 Å². The normalized spacial score (nSPS) is 10.6. The van der Waals surface area contributed by atoms with Crippen molar-refractivity contribution in [2.45, 2.75) is 33.7 Å². The molecule has 0 fully saturated rings. The van der Waals surface area contributed by atoms with Crippen LogP contribution in [-0.4, -0.2) is 37.1 Å². The van der Waals surface area contributed by atoms with Crippen LogP contribution in [0.15, 0.2) is 24.3 Å². The van der Waals surface area contributed by atoms with Crippen LogP contribution in [0.5, 0.6) is 0 Å². The van der Waals surface area contributed by atoms with Gasteiger partial charge in [-0.3, -0.25) is 0 Å². The molecule has 0 saturated carbocycles. The minimum absolute atomic E-state index is 0.0925. The molecule has 0 heterocycles. The third kappa shape index (κ3) is 6.57. The number of amides is 2. The summed E-state index contributed by atoms with van der Waals surface area (Å²) in [6, 6.07) is 8.09. The van der Waals surface area contributed by atoms with Crippen molar-refractivity contribution in [3.05, 3.63) is 35.4 Å². The Bertz CT molecular complexity index is 385. The quantitative estimate of drug-likeness (QED) is 0.717. The summed E-state index contributed by atoms with van der Waals surface area (Å²) in [6.07, 6.45) is 0.986. The van der Waals surface area contributed by atoms with Gasteiger partial charge in [0.1, 0.15) is 0 Å². The first-order valence-electron chi connectivity index (χ1n) is 7.45. The number of rotatable bonds is 8. The van der Waals surface area contributed by atoms with E-state index in [0.717, 1.165) is 38.2 Å². The molecule has 0 aliphatic carbocycles. The van der Waals surface area contributed by atoms with Crippen molar-refractivity contribution in [2.24, 2.45) is 0 Å². The van der Waals surface area contributed by atoms with Gasteiger partial charge in [-0.1, -0.05) is 43.7 Å². The topological polar surface area (TPSA) is 44.4 Å². The number of benzene rings is 1. The molecule has 4 heteroatoms. The zero-order valence-corrected chi connectivity index (χ0v) is 12.9. The smallest absolute Gasteiger partial charge is 0.315 e. The maximum atomic E-state index is 11.6. The predicted molar refractivity (Wildman–Crippen MR) is 83.8 cm³/mol. The van der Waals surface area contributed by atoms with Crippen molar-refractivity contribution in [2.75, 3.05) is 26.2 Å². The Kier molecular flexibility index (Phi) is 7.73. The van der Waals surface area contributed by atoms with Gasteiger partial charge in [0.05, 0.1) is 0 Å². The Balaban J connectivity index is 2.13. The summed E-state index contributed by atoms with van der Waals surface area (Å²) >= 11 is 0. The Hall–Kier alpha value is -1.55. The molecule has 0 radical (unpaired) electrons. The number of nitrogens with zero attached hydrogens (tertiary/aromatic N) is 1. The van der Waals surface area contributed by atoms with Crippen LogP contribution in [0.25, 0.3) is 0 Å². The first-order chi connectivity index (χ1) is 9.65. The highest BCUT2D eigenvalue weighted by Crippen LogP contribution is 2.02. The first kappa shape index (κ1) is 16.5. The fraction of sp³-hybridized carbons (Fsp3) is 0.562. The molecule has 1 aromatic carbocycles. The van der Waals surface area contributed by atoms with Crippen LogP contribution in [0.2, 0.25) is 0 Å². The molecule has 0 saturated heterocycles. The van der Waals surface area contributed by atoms with Crippen LogP contribution in [0.4, 0.5) is 4.79 Å². The number of nitrogens with one attached hydrogen (secondary N) is 2. The molecular formula is C16H27N3O. The van der Waals surface area contributed by atoms with E-state index in [2.05, 4.69) is 48.4 Å². The second-order valence-electron chi connectivity index (χ2n) is 4.98. The molecule has 2 N–H and O–H groups in total. The van der Waals surface area contributed by atoms with E-state index in [1.165, 1.54) is 5.56 Å².